The number of carbonyl (C=O) groups is 2. The SMILES string of the molecule is CNC(=O)c1ccc(OC)c(NC(=O)c2ccn(C3CCCNC3)n2)c1. The van der Waals surface area contributed by atoms with Gasteiger partial charge < -0.3 is 20.7 Å². The molecule has 1 aliphatic heterocycles. The van der Waals surface area contributed by atoms with Crippen LogP contribution in [0.25, 0.3) is 0 Å². The van der Waals surface area contributed by atoms with E-state index in [1.807, 2.05) is 10.9 Å². The number of piperidine rings is 1. The minimum Gasteiger partial charge on any atom is -0.495 e. The third kappa shape index (κ3) is 3.85. The van der Waals surface area contributed by atoms with Crippen molar-refractivity contribution >= 4 is 17.5 Å². The van der Waals surface area contributed by atoms with E-state index >= 15 is 0 Å². The number of benzene rings is 1. The summed E-state index contributed by atoms with van der Waals surface area (Å²) in [6.45, 7) is 1.87. The number of hydrogen-bond donors (Lipinski definition) is 3. The summed E-state index contributed by atoms with van der Waals surface area (Å²) in [6.07, 6.45) is 3.96. The van der Waals surface area contributed by atoms with Gasteiger partial charge in [-0.15, -0.1) is 0 Å². The molecule has 3 rings (SSSR count). The number of anilines is 1. The van der Waals surface area contributed by atoms with Crippen LogP contribution in [0.5, 0.6) is 5.75 Å². The first-order valence-electron chi connectivity index (χ1n) is 8.59. The standard InChI is InChI=1S/C18H23N5O3/c1-19-17(24)12-5-6-16(26-2)15(10-12)21-18(25)14-7-9-23(22-14)13-4-3-8-20-11-13/h5-7,9-10,13,20H,3-4,8,11H2,1-2H3,(H,19,24)(H,21,25). The van der Waals surface area contributed by atoms with Crippen LogP contribution < -0.4 is 20.7 Å². The van der Waals surface area contributed by atoms with Gasteiger partial charge in [-0.25, -0.2) is 0 Å². The van der Waals surface area contributed by atoms with E-state index < -0.39 is 0 Å². The summed E-state index contributed by atoms with van der Waals surface area (Å²) >= 11 is 0. The Morgan fingerprint density at radius 3 is 2.85 bits per heavy atom. The van der Waals surface area contributed by atoms with Crippen LogP contribution in [0.2, 0.25) is 0 Å². The summed E-state index contributed by atoms with van der Waals surface area (Å²) in [5, 5.41) is 13.1. The van der Waals surface area contributed by atoms with E-state index in [0.29, 0.717) is 22.7 Å². The highest BCUT2D eigenvalue weighted by atomic mass is 16.5. The molecular weight excluding hydrogens is 334 g/mol. The van der Waals surface area contributed by atoms with Gasteiger partial charge in [0.15, 0.2) is 5.69 Å². The Labute approximate surface area is 151 Å². The first kappa shape index (κ1) is 17.9. The summed E-state index contributed by atoms with van der Waals surface area (Å²) in [5.41, 5.74) is 1.18. The molecule has 1 aromatic carbocycles. The molecule has 0 saturated carbocycles. The molecule has 8 heteroatoms. The number of ether oxygens (including phenoxy) is 1. The van der Waals surface area contributed by atoms with Gasteiger partial charge in [-0.1, -0.05) is 0 Å². The Balaban J connectivity index is 1.77. The average Bonchev–Trinajstić information content (AvgIpc) is 3.18. The van der Waals surface area contributed by atoms with Crippen LogP contribution in [0, 0.1) is 0 Å². The Morgan fingerprint density at radius 1 is 1.31 bits per heavy atom. The molecule has 0 spiro atoms. The number of nitrogens with zero attached hydrogens (tertiary/aromatic N) is 2. The average molecular weight is 357 g/mol. The van der Waals surface area contributed by atoms with Gasteiger partial charge in [0.05, 0.1) is 18.8 Å². The molecule has 0 bridgehead atoms. The number of aromatic nitrogens is 2. The fourth-order valence-electron chi connectivity index (χ4n) is 3.00. The Bertz CT molecular complexity index is 796. The second-order valence-electron chi connectivity index (χ2n) is 6.13. The Hall–Kier alpha value is -2.87. The van der Waals surface area contributed by atoms with E-state index in [2.05, 4.69) is 21.0 Å². The molecule has 1 atom stereocenters. The molecule has 1 saturated heterocycles. The number of rotatable bonds is 5. The molecule has 0 aliphatic carbocycles. The minimum atomic E-state index is -0.347. The molecule has 8 nitrogen and oxygen atoms in total. The molecule has 0 radical (unpaired) electrons. The molecule has 1 aromatic heterocycles. The molecule has 1 aliphatic rings. The molecule has 1 unspecified atom stereocenters. The largest absolute Gasteiger partial charge is 0.495 e. The maximum atomic E-state index is 12.6. The summed E-state index contributed by atoms with van der Waals surface area (Å²) in [4.78, 5) is 24.4. The maximum Gasteiger partial charge on any atom is 0.276 e. The maximum absolute atomic E-state index is 12.6. The lowest BCUT2D eigenvalue weighted by Crippen LogP contribution is -2.32. The van der Waals surface area contributed by atoms with E-state index in [1.165, 1.54) is 7.11 Å². The van der Waals surface area contributed by atoms with Gasteiger partial charge in [0.2, 0.25) is 0 Å². The highest BCUT2D eigenvalue weighted by Gasteiger charge is 2.19. The first-order chi connectivity index (χ1) is 12.6. The van der Waals surface area contributed by atoms with Gasteiger partial charge in [0, 0.05) is 25.4 Å². The van der Waals surface area contributed by atoms with Gasteiger partial charge in [0.1, 0.15) is 5.75 Å². The topological polar surface area (TPSA) is 97.3 Å². The van der Waals surface area contributed by atoms with Crippen molar-refractivity contribution in [2.45, 2.75) is 18.9 Å². The fourth-order valence-corrected chi connectivity index (χ4v) is 3.00. The highest BCUT2D eigenvalue weighted by Crippen LogP contribution is 2.26. The zero-order valence-corrected chi connectivity index (χ0v) is 14.9. The predicted molar refractivity (Wildman–Crippen MR) is 97.7 cm³/mol. The fraction of sp³-hybridized carbons (Fsp3) is 0.389. The molecule has 3 N–H and O–H groups in total. The van der Waals surface area contributed by atoms with Crippen LogP contribution in [0.1, 0.15) is 39.7 Å². The molecule has 2 amide bonds. The summed E-state index contributed by atoms with van der Waals surface area (Å²) < 4.78 is 7.10. The quantitative estimate of drug-likeness (QED) is 0.752. The Kier molecular flexibility index (Phi) is 5.52. The van der Waals surface area contributed by atoms with Gasteiger partial charge in [-0.05, 0) is 43.7 Å². The highest BCUT2D eigenvalue weighted by molar-refractivity contribution is 6.04. The Morgan fingerprint density at radius 2 is 2.15 bits per heavy atom. The van der Waals surface area contributed by atoms with Crippen LogP contribution in [0.3, 0.4) is 0 Å². The summed E-state index contributed by atoms with van der Waals surface area (Å²) in [5.74, 6) is -0.112. The van der Waals surface area contributed by atoms with Crippen molar-refractivity contribution in [3.8, 4) is 5.75 Å². The van der Waals surface area contributed by atoms with Crippen molar-refractivity contribution in [1.29, 1.82) is 0 Å². The van der Waals surface area contributed by atoms with Crippen molar-refractivity contribution in [1.82, 2.24) is 20.4 Å². The number of methoxy groups -OCH3 is 1. The first-order valence-corrected chi connectivity index (χ1v) is 8.59. The lowest BCUT2D eigenvalue weighted by molar-refractivity contribution is 0.0961. The number of carbonyl (C=O) groups excluding carboxylic acids is 2. The minimum absolute atomic E-state index is 0.239. The smallest absolute Gasteiger partial charge is 0.276 e. The van der Waals surface area contributed by atoms with E-state index in [1.54, 1.807) is 31.3 Å². The third-order valence-electron chi connectivity index (χ3n) is 4.42. The molecule has 2 aromatic rings. The number of nitrogens with one attached hydrogen (secondary N) is 3. The summed E-state index contributed by atoms with van der Waals surface area (Å²) in [6, 6.07) is 6.82. The molecule has 138 valence electrons. The van der Waals surface area contributed by atoms with E-state index in [0.717, 1.165) is 25.9 Å². The van der Waals surface area contributed by atoms with E-state index in [-0.39, 0.29) is 17.9 Å². The van der Waals surface area contributed by atoms with Gasteiger partial charge in [0.25, 0.3) is 11.8 Å². The van der Waals surface area contributed by atoms with Crippen LogP contribution in [0.4, 0.5) is 5.69 Å². The number of amides is 2. The van der Waals surface area contributed by atoms with Crippen molar-refractivity contribution in [2.24, 2.45) is 0 Å². The van der Waals surface area contributed by atoms with Crippen molar-refractivity contribution in [3.05, 3.63) is 41.7 Å². The van der Waals surface area contributed by atoms with Crippen LogP contribution >= 0.6 is 0 Å². The van der Waals surface area contributed by atoms with Crippen molar-refractivity contribution in [3.63, 3.8) is 0 Å². The van der Waals surface area contributed by atoms with E-state index in [9.17, 15) is 9.59 Å². The van der Waals surface area contributed by atoms with Crippen molar-refractivity contribution in [2.75, 3.05) is 32.6 Å². The molecule has 1 fully saturated rings. The summed E-state index contributed by atoms with van der Waals surface area (Å²) in [7, 11) is 3.06. The van der Waals surface area contributed by atoms with Crippen LogP contribution in [0.15, 0.2) is 30.5 Å². The zero-order chi connectivity index (χ0) is 18.5. The second kappa shape index (κ2) is 8.01. The van der Waals surface area contributed by atoms with E-state index in [4.69, 9.17) is 4.74 Å². The molecular formula is C18H23N5O3. The van der Waals surface area contributed by atoms with Crippen LogP contribution in [-0.2, 0) is 0 Å². The lowest BCUT2D eigenvalue weighted by Gasteiger charge is -2.22. The molecule has 26 heavy (non-hydrogen) atoms. The van der Waals surface area contributed by atoms with Gasteiger partial charge >= 0.3 is 0 Å². The lowest BCUT2D eigenvalue weighted by atomic mass is 10.1. The van der Waals surface area contributed by atoms with Gasteiger partial charge in [-0.3, -0.25) is 14.3 Å². The van der Waals surface area contributed by atoms with Crippen molar-refractivity contribution < 1.29 is 14.3 Å². The normalized spacial score (nSPS) is 16.8. The predicted octanol–water partition coefficient (Wildman–Crippen LogP) is 1.43. The van der Waals surface area contributed by atoms with Crippen LogP contribution in [-0.4, -0.2) is 48.8 Å². The second-order valence-corrected chi connectivity index (χ2v) is 6.13. The third-order valence-corrected chi connectivity index (χ3v) is 4.42. The van der Waals surface area contributed by atoms with Gasteiger partial charge in [-0.2, -0.15) is 5.10 Å². The molecule has 2 heterocycles. The zero-order valence-electron chi connectivity index (χ0n) is 14.9. The monoisotopic (exact) mass is 357 g/mol. The number of hydrogen-bond acceptors (Lipinski definition) is 5.